The summed E-state index contributed by atoms with van der Waals surface area (Å²) < 4.78 is 19.6. The van der Waals surface area contributed by atoms with Crippen molar-refractivity contribution < 1.29 is 18.7 Å². The Labute approximate surface area is 140 Å². The number of carbonyl (C=O) groups excluding carboxylic acids is 2. The van der Waals surface area contributed by atoms with Crippen LogP contribution >= 0.6 is 0 Å². The minimum absolute atomic E-state index is 0.00357. The zero-order valence-corrected chi connectivity index (χ0v) is 13.5. The third-order valence-corrected chi connectivity index (χ3v) is 5.13. The van der Waals surface area contributed by atoms with Gasteiger partial charge < -0.3 is 14.5 Å². The monoisotopic (exact) mass is 332 g/mol. The lowest BCUT2D eigenvalue weighted by Crippen LogP contribution is -2.45. The summed E-state index contributed by atoms with van der Waals surface area (Å²) >= 11 is 0. The summed E-state index contributed by atoms with van der Waals surface area (Å²) in [6.45, 7) is 1.76. The van der Waals surface area contributed by atoms with E-state index in [0.29, 0.717) is 44.3 Å². The molecule has 2 aliphatic heterocycles. The van der Waals surface area contributed by atoms with Crippen LogP contribution in [-0.2, 0) is 14.3 Å². The van der Waals surface area contributed by atoms with Crippen molar-refractivity contribution in [2.45, 2.75) is 31.4 Å². The predicted molar refractivity (Wildman–Crippen MR) is 84.5 cm³/mol. The van der Waals surface area contributed by atoms with Crippen molar-refractivity contribution in [3.63, 3.8) is 0 Å². The minimum atomic E-state index is -0.444. The summed E-state index contributed by atoms with van der Waals surface area (Å²) in [4.78, 5) is 28.4. The normalized spacial score (nSPS) is 27.6. The zero-order chi connectivity index (χ0) is 16.7. The van der Waals surface area contributed by atoms with Crippen LogP contribution in [0.15, 0.2) is 24.3 Å². The second-order valence-corrected chi connectivity index (χ2v) is 6.84. The Morgan fingerprint density at radius 3 is 2.75 bits per heavy atom. The topological polar surface area (TPSA) is 49.9 Å². The van der Waals surface area contributed by atoms with Gasteiger partial charge in [0.2, 0.25) is 11.8 Å². The van der Waals surface area contributed by atoms with E-state index in [1.54, 1.807) is 23.1 Å². The van der Waals surface area contributed by atoms with Gasteiger partial charge in [-0.2, -0.15) is 0 Å². The molecule has 2 heterocycles. The van der Waals surface area contributed by atoms with Gasteiger partial charge in [-0.15, -0.1) is 0 Å². The van der Waals surface area contributed by atoms with Crippen molar-refractivity contribution in [3.8, 4) is 0 Å². The Morgan fingerprint density at radius 1 is 1.21 bits per heavy atom. The van der Waals surface area contributed by atoms with Crippen molar-refractivity contribution in [3.05, 3.63) is 35.6 Å². The van der Waals surface area contributed by atoms with Gasteiger partial charge in [-0.05, 0) is 18.9 Å². The zero-order valence-electron chi connectivity index (χ0n) is 13.5. The molecule has 3 fully saturated rings. The number of rotatable bonds is 3. The molecule has 3 aliphatic rings. The summed E-state index contributed by atoms with van der Waals surface area (Å²) in [7, 11) is 0. The first-order valence-corrected chi connectivity index (χ1v) is 8.58. The molecule has 1 saturated carbocycles. The van der Waals surface area contributed by atoms with Gasteiger partial charge in [0.25, 0.3) is 0 Å². The number of nitrogens with zero attached hydrogens (tertiary/aromatic N) is 2. The molecule has 0 N–H and O–H groups in total. The lowest BCUT2D eigenvalue weighted by Gasteiger charge is -2.34. The molecule has 0 bridgehead atoms. The summed E-state index contributed by atoms with van der Waals surface area (Å²) in [5.41, 5.74) is 0.483. The number of hydrogen-bond donors (Lipinski definition) is 0. The molecular weight excluding hydrogens is 311 g/mol. The van der Waals surface area contributed by atoms with E-state index < -0.39 is 6.10 Å². The molecule has 2 saturated heterocycles. The molecule has 6 heteroatoms. The molecule has 0 unspecified atom stereocenters. The average Bonchev–Trinajstić information content (AvgIpc) is 3.37. The number of benzene rings is 1. The van der Waals surface area contributed by atoms with Crippen molar-refractivity contribution in [2.24, 2.45) is 5.92 Å². The number of ether oxygens (including phenoxy) is 1. The number of halogens is 1. The van der Waals surface area contributed by atoms with Gasteiger partial charge in [0.05, 0.1) is 19.1 Å². The lowest BCUT2D eigenvalue weighted by atomic mass is 10.0. The third-order valence-electron chi connectivity index (χ3n) is 5.13. The average molecular weight is 332 g/mol. The Morgan fingerprint density at radius 2 is 2.00 bits per heavy atom. The van der Waals surface area contributed by atoms with Gasteiger partial charge in [-0.3, -0.25) is 9.59 Å². The molecule has 2 amide bonds. The van der Waals surface area contributed by atoms with Crippen LogP contribution < -0.4 is 0 Å². The maximum atomic E-state index is 14.0. The maximum absolute atomic E-state index is 14.0. The largest absolute Gasteiger partial charge is 0.370 e. The Bertz CT molecular complexity index is 661. The quantitative estimate of drug-likeness (QED) is 0.847. The van der Waals surface area contributed by atoms with E-state index >= 15 is 0 Å². The molecule has 1 aromatic carbocycles. The predicted octanol–water partition coefficient (Wildman–Crippen LogP) is 1.74. The number of amides is 2. The van der Waals surface area contributed by atoms with Crippen LogP contribution in [0.4, 0.5) is 4.39 Å². The summed E-state index contributed by atoms with van der Waals surface area (Å²) in [5, 5.41) is 0. The highest BCUT2D eigenvalue weighted by Crippen LogP contribution is 2.34. The smallest absolute Gasteiger partial charge is 0.228 e. The highest BCUT2D eigenvalue weighted by Gasteiger charge is 2.43. The summed E-state index contributed by atoms with van der Waals surface area (Å²) in [5.74, 6) is -0.490. The van der Waals surface area contributed by atoms with Gasteiger partial charge >= 0.3 is 0 Å². The van der Waals surface area contributed by atoms with Crippen molar-refractivity contribution in [2.75, 3.05) is 26.2 Å². The van der Waals surface area contributed by atoms with Gasteiger partial charge in [0.15, 0.2) is 0 Å². The minimum Gasteiger partial charge on any atom is -0.370 e. The lowest BCUT2D eigenvalue weighted by molar-refractivity contribution is -0.143. The molecule has 5 nitrogen and oxygen atoms in total. The summed E-state index contributed by atoms with van der Waals surface area (Å²) in [6, 6.07) is 6.86. The third kappa shape index (κ3) is 2.90. The van der Waals surface area contributed by atoms with E-state index in [1.807, 2.05) is 4.90 Å². The van der Waals surface area contributed by atoms with Crippen LogP contribution in [0.25, 0.3) is 0 Å². The number of hydrogen-bond acceptors (Lipinski definition) is 3. The van der Waals surface area contributed by atoms with Crippen LogP contribution in [0.5, 0.6) is 0 Å². The van der Waals surface area contributed by atoms with E-state index in [9.17, 15) is 14.0 Å². The van der Waals surface area contributed by atoms with Gasteiger partial charge in [-0.1, -0.05) is 18.2 Å². The van der Waals surface area contributed by atoms with Gasteiger partial charge in [-0.25, -0.2) is 4.39 Å². The number of likely N-dealkylation sites (tertiary alicyclic amines) is 1. The van der Waals surface area contributed by atoms with Gasteiger partial charge in [0.1, 0.15) is 11.9 Å². The second kappa shape index (κ2) is 6.16. The van der Waals surface area contributed by atoms with Crippen LogP contribution in [0, 0.1) is 11.7 Å². The first-order valence-electron chi connectivity index (χ1n) is 8.58. The number of morpholine rings is 1. The SMILES string of the molecule is O=C([C@@H]1CC(=O)N(C2CC2)C1)N1CCO[C@H](c2ccccc2F)C1. The van der Waals surface area contributed by atoms with Crippen molar-refractivity contribution in [1.82, 2.24) is 9.80 Å². The van der Waals surface area contributed by atoms with E-state index in [2.05, 4.69) is 0 Å². The fourth-order valence-corrected chi connectivity index (χ4v) is 3.67. The molecule has 4 rings (SSSR count). The van der Waals surface area contributed by atoms with Crippen LogP contribution in [-0.4, -0.2) is 53.9 Å². The molecule has 24 heavy (non-hydrogen) atoms. The van der Waals surface area contributed by atoms with E-state index in [0.717, 1.165) is 12.8 Å². The first kappa shape index (κ1) is 15.6. The Kier molecular flexibility index (Phi) is 4.00. The Hall–Kier alpha value is -1.95. The van der Waals surface area contributed by atoms with E-state index in [-0.39, 0.29) is 23.5 Å². The second-order valence-electron chi connectivity index (χ2n) is 6.84. The van der Waals surface area contributed by atoms with Crippen molar-refractivity contribution >= 4 is 11.8 Å². The molecule has 1 aliphatic carbocycles. The fourth-order valence-electron chi connectivity index (χ4n) is 3.67. The molecule has 0 aromatic heterocycles. The summed E-state index contributed by atoms with van der Waals surface area (Å²) in [6.07, 6.45) is 1.97. The fraction of sp³-hybridized carbons (Fsp3) is 0.556. The van der Waals surface area contributed by atoms with Gasteiger partial charge in [0, 0.05) is 31.1 Å². The highest BCUT2D eigenvalue weighted by molar-refractivity contribution is 5.89. The molecule has 0 spiro atoms. The highest BCUT2D eigenvalue weighted by atomic mass is 19.1. The first-order chi connectivity index (χ1) is 11.6. The standard InChI is InChI=1S/C18H21FN2O3/c19-15-4-2-1-3-14(15)16-11-20(7-8-24-16)18(23)12-9-17(22)21(10-12)13-5-6-13/h1-4,12-13,16H,5-11H2/t12-,16+/m1/s1. The molecule has 0 radical (unpaired) electrons. The van der Waals surface area contributed by atoms with Crippen LogP contribution in [0.3, 0.4) is 0 Å². The van der Waals surface area contributed by atoms with E-state index in [4.69, 9.17) is 4.74 Å². The molecule has 128 valence electrons. The van der Waals surface area contributed by atoms with Crippen LogP contribution in [0.1, 0.15) is 30.9 Å². The van der Waals surface area contributed by atoms with E-state index in [1.165, 1.54) is 6.07 Å². The Balaban J connectivity index is 1.43. The maximum Gasteiger partial charge on any atom is 0.228 e. The molecule has 2 atom stereocenters. The van der Waals surface area contributed by atoms with Crippen LogP contribution in [0.2, 0.25) is 0 Å². The number of carbonyl (C=O) groups is 2. The molecule has 1 aromatic rings. The van der Waals surface area contributed by atoms with Crippen molar-refractivity contribution in [1.29, 1.82) is 0 Å². The molecular formula is C18H21FN2O3.